The first-order chi connectivity index (χ1) is 13.9. The monoisotopic (exact) mass is 430 g/mol. The van der Waals surface area contributed by atoms with Crippen LogP contribution >= 0.6 is 11.3 Å². The van der Waals surface area contributed by atoms with Gasteiger partial charge < -0.3 is 5.32 Å². The maximum absolute atomic E-state index is 13.3. The molecule has 1 aliphatic rings. The molecule has 2 N–H and O–H groups in total. The second kappa shape index (κ2) is 8.06. The van der Waals surface area contributed by atoms with Crippen LogP contribution in [-0.2, 0) is 10.0 Å². The van der Waals surface area contributed by atoms with Gasteiger partial charge in [-0.15, -0.1) is 11.3 Å². The van der Waals surface area contributed by atoms with Gasteiger partial charge in [-0.05, 0) is 60.2 Å². The van der Waals surface area contributed by atoms with E-state index >= 15 is 0 Å². The van der Waals surface area contributed by atoms with Crippen molar-refractivity contribution in [3.63, 3.8) is 0 Å². The molecule has 1 aliphatic carbocycles. The predicted octanol–water partition coefficient (Wildman–Crippen LogP) is 3.85. The first-order valence-electron chi connectivity index (χ1n) is 9.14. The van der Waals surface area contributed by atoms with E-state index in [0.717, 1.165) is 23.3 Å². The Labute approximate surface area is 172 Å². The number of amides is 1. The van der Waals surface area contributed by atoms with Crippen molar-refractivity contribution >= 4 is 27.3 Å². The predicted molar refractivity (Wildman–Crippen MR) is 110 cm³/mol. The number of hydrogen-bond acceptors (Lipinski definition) is 4. The second-order valence-corrected chi connectivity index (χ2v) is 9.59. The molecule has 0 saturated heterocycles. The van der Waals surface area contributed by atoms with Gasteiger partial charge in [0.05, 0.1) is 10.9 Å². The molecule has 0 bridgehead atoms. The van der Waals surface area contributed by atoms with Crippen LogP contribution in [0.4, 0.5) is 4.39 Å². The van der Waals surface area contributed by atoms with Crippen LogP contribution in [0.5, 0.6) is 0 Å². The highest BCUT2D eigenvalue weighted by atomic mass is 32.2. The third-order valence-electron chi connectivity index (χ3n) is 4.61. The van der Waals surface area contributed by atoms with Gasteiger partial charge in [0.15, 0.2) is 0 Å². The Balaban J connectivity index is 1.59. The lowest BCUT2D eigenvalue weighted by molar-refractivity contribution is 0.0943. The maximum Gasteiger partial charge on any atom is 0.252 e. The lowest BCUT2D eigenvalue weighted by Crippen LogP contribution is -2.29. The summed E-state index contributed by atoms with van der Waals surface area (Å²) >= 11 is 1.47. The Morgan fingerprint density at radius 2 is 1.83 bits per heavy atom. The maximum atomic E-state index is 13.3. The van der Waals surface area contributed by atoms with Crippen LogP contribution in [0.1, 0.15) is 39.7 Å². The van der Waals surface area contributed by atoms with Crippen molar-refractivity contribution in [3.8, 4) is 0 Å². The Bertz CT molecular complexity index is 1110. The summed E-state index contributed by atoms with van der Waals surface area (Å²) in [5.74, 6) is -0.762. The average Bonchev–Trinajstić information content (AvgIpc) is 3.34. The quantitative estimate of drug-likeness (QED) is 0.598. The molecule has 1 saturated carbocycles. The van der Waals surface area contributed by atoms with E-state index in [4.69, 9.17) is 0 Å². The molecule has 2 aromatic carbocycles. The number of carbonyl (C=O) groups excluding carboxylic acids is 1. The molecule has 0 unspecified atom stereocenters. The summed E-state index contributed by atoms with van der Waals surface area (Å²) < 4.78 is 40.8. The first-order valence-corrected chi connectivity index (χ1v) is 11.5. The molecular weight excluding hydrogens is 411 g/mol. The summed E-state index contributed by atoms with van der Waals surface area (Å²) in [7, 11) is -3.65. The van der Waals surface area contributed by atoms with Gasteiger partial charge in [-0.25, -0.2) is 17.5 Å². The highest BCUT2D eigenvalue weighted by Gasteiger charge is 2.28. The fourth-order valence-electron chi connectivity index (χ4n) is 2.94. The van der Waals surface area contributed by atoms with Gasteiger partial charge in [0.25, 0.3) is 5.91 Å². The zero-order chi connectivity index (χ0) is 20.4. The number of rotatable bonds is 7. The molecule has 0 radical (unpaired) electrons. The lowest BCUT2D eigenvalue weighted by atomic mass is 10.0. The topological polar surface area (TPSA) is 75.3 Å². The van der Waals surface area contributed by atoms with Crippen LogP contribution in [0.2, 0.25) is 0 Å². The van der Waals surface area contributed by atoms with Gasteiger partial charge in [0, 0.05) is 16.5 Å². The molecule has 29 heavy (non-hydrogen) atoms. The number of benzene rings is 2. The van der Waals surface area contributed by atoms with Crippen LogP contribution in [0, 0.1) is 5.82 Å². The molecule has 5 nitrogen and oxygen atoms in total. The van der Waals surface area contributed by atoms with Crippen molar-refractivity contribution < 1.29 is 17.6 Å². The molecule has 1 amide bonds. The van der Waals surface area contributed by atoms with Gasteiger partial charge in [-0.1, -0.05) is 24.3 Å². The fourth-order valence-corrected chi connectivity index (χ4v) is 5.09. The summed E-state index contributed by atoms with van der Waals surface area (Å²) in [5, 5.41) is 4.83. The third-order valence-corrected chi connectivity index (χ3v) is 7.07. The van der Waals surface area contributed by atoms with Crippen molar-refractivity contribution in [1.82, 2.24) is 10.0 Å². The first kappa shape index (κ1) is 19.8. The van der Waals surface area contributed by atoms with Gasteiger partial charge in [0.2, 0.25) is 10.0 Å². The molecule has 1 atom stereocenters. The smallest absolute Gasteiger partial charge is 0.252 e. The van der Waals surface area contributed by atoms with E-state index < -0.39 is 22.0 Å². The second-order valence-electron chi connectivity index (χ2n) is 6.90. The molecule has 0 spiro atoms. The van der Waals surface area contributed by atoms with Crippen LogP contribution in [0.15, 0.2) is 70.9 Å². The fraction of sp³-hybridized carbons (Fsp3) is 0.190. The van der Waals surface area contributed by atoms with E-state index in [2.05, 4.69) is 10.0 Å². The molecule has 1 aromatic heterocycles. The number of halogens is 1. The SMILES string of the molecule is O=C(N[C@H](c1ccc(F)cc1)c1cccs1)c1cccc(S(=O)(=O)NC2CC2)c1. The van der Waals surface area contributed by atoms with E-state index in [-0.39, 0.29) is 22.3 Å². The van der Waals surface area contributed by atoms with Crippen molar-refractivity contribution in [2.24, 2.45) is 0 Å². The van der Waals surface area contributed by atoms with Crippen molar-refractivity contribution in [2.45, 2.75) is 29.8 Å². The van der Waals surface area contributed by atoms with E-state index in [1.807, 2.05) is 17.5 Å². The Kier molecular flexibility index (Phi) is 5.49. The number of sulfonamides is 1. The zero-order valence-corrected chi connectivity index (χ0v) is 17.0. The number of hydrogen-bond donors (Lipinski definition) is 2. The Hall–Kier alpha value is -2.55. The summed E-state index contributed by atoms with van der Waals surface area (Å²) in [6.07, 6.45) is 1.67. The van der Waals surface area contributed by atoms with Gasteiger partial charge >= 0.3 is 0 Å². The van der Waals surface area contributed by atoms with E-state index in [1.54, 1.807) is 24.3 Å². The van der Waals surface area contributed by atoms with Gasteiger partial charge in [-0.3, -0.25) is 4.79 Å². The zero-order valence-electron chi connectivity index (χ0n) is 15.3. The van der Waals surface area contributed by atoms with E-state index in [0.29, 0.717) is 0 Å². The summed E-state index contributed by atoms with van der Waals surface area (Å²) in [6.45, 7) is 0. The molecule has 1 fully saturated rings. The summed E-state index contributed by atoms with van der Waals surface area (Å²) in [6, 6.07) is 15.2. The molecule has 150 valence electrons. The molecule has 0 aliphatic heterocycles. The van der Waals surface area contributed by atoms with Crippen molar-refractivity contribution in [3.05, 3.63) is 87.9 Å². The number of nitrogens with one attached hydrogen (secondary N) is 2. The Morgan fingerprint density at radius 1 is 1.07 bits per heavy atom. The molecular formula is C21H19FN2O3S2. The van der Waals surface area contributed by atoms with Gasteiger partial charge in [0.1, 0.15) is 5.82 Å². The van der Waals surface area contributed by atoms with E-state index in [9.17, 15) is 17.6 Å². The third kappa shape index (κ3) is 4.72. The molecule has 4 rings (SSSR count). The minimum Gasteiger partial charge on any atom is -0.340 e. The van der Waals surface area contributed by atoms with Crippen molar-refractivity contribution in [1.29, 1.82) is 0 Å². The molecule has 1 heterocycles. The number of thiophene rings is 1. The van der Waals surface area contributed by atoms with Crippen LogP contribution < -0.4 is 10.0 Å². The normalized spacial score (nSPS) is 15.1. The van der Waals surface area contributed by atoms with Crippen LogP contribution in [0.25, 0.3) is 0 Å². The van der Waals surface area contributed by atoms with Crippen LogP contribution in [0.3, 0.4) is 0 Å². The van der Waals surface area contributed by atoms with Crippen LogP contribution in [-0.4, -0.2) is 20.4 Å². The summed E-state index contributed by atoms with van der Waals surface area (Å²) in [4.78, 5) is 13.9. The lowest BCUT2D eigenvalue weighted by Gasteiger charge is -2.18. The summed E-state index contributed by atoms with van der Waals surface area (Å²) in [5.41, 5.74) is 0.980. The van der Waals surface area contributed by atoms with Crippen molar-refractivity contribution in [2.75, 3.05) is 0 Å². The molecule has 8 heteroatoms. The largest absolute Gasteiger partial charge is 0.340 e. The van der Waals surface area contributed by atoms with E-state index in [1.165, 1.54) is 35.6 Å². The minimum atomic E-state index is -3.65. The minimum absolute atomic E-state index is 0.0147. The highest BCUT2D eigenvalue weighted by Crippen LogP contribution is 2.27. The standard InChI is InChI=1S/C21H19FN2O3S2/c22-16-8-6-14(7-9-16)20(19-5-2-12-28-19)23-21(25)15-3-1-4-18(13-15)29(26,27)24-17-10-11-17/h1-9,12-13,17,20,24H,10-11H2,(H,23,25)/t20-/m1/s1. The van der Waals surface area contributed by atoms with Gasteiger partial charge in [-0.2, -0.15) is 0 Å². The highest BCUT2D eigenvalue weighted by molar-refractivity contribution is 7.89. The molecule has 3 aromatic rings. The average molecular weight is 431 g/mol. The number of carbonyl (C=O) groups is 1. The Morgan fingerprint density at radius 3 is 2.48 bits per heavy atom.